The standard InChI is InChI=1S/C18H20O2/c1-15(12-13-16-8-4-2-5-9-16)20-18(19)14-17-10-6-3-7-11-17/h2-11,15H,12-14H2,1H3. The predicted octanol–water partition coefficient (Wildman–Crippen LogP) is 3.79. The summed E-state index contributed by atoms with van der Waals surface area (Å²) in [4.78, 5) is 11.8. The average molecular weight is 268 g/mol. The molecule has 20 heavy (non-hydrogen) atoms. The SMILES string of the molecule is CC(CCc1ccccc1)OC(=O)Cc1ccccc1. The quantitative estimate of drug-likeness (QED) is 0.745. The van der Waals surface area contributed by atoms with E-state index in [2.05, 4.69) is 12.1 Å². The lowest BCUT2D eigenvalue weighted by Gasteiger charge is -2.13. The molecule has 2 nitrogen and oxygen atoms in total. The van der Waals surface area contributed by atoms with Gasteiger partial charge in [-0.3, -0.25) is 4.79 Å². The van der Waals surface area contributed by atoms with Crippen LogP contribution >= 0.6 is 0 Å². The average Bonchev–Trinajstić information content (AvgIpc) is 2.47. The molecule has 0 spiro atoms. The third-order valence-corrected chi connectivity index (χ3v) is 3.21. The molecule has 0 fully saturated rings. The molecule has 0 aromatic heterocycles. The Bertz CT molecular complexity index is 520. The summed E-state index contributed by atoms with van der Waals surface area (Å²) in [7, 11) is 0. The van der Waals surface area contributed by atoms with Gasteiger partial charge in [0, 0.05) is 0 Å². The van der Waals surface area contributed by atoms with Gasteiger partial charge in [-0.05, 0) is 30.9 Å². The number of hydrogen-bond acceptors (Lipinski definition) is 2. The molecule has 0 saturated carbocycles. The molecule has 0 aliphatic carbocycles. The second kappa shape index (κ2) is 7.49. The lowest BCUT2D eigenvalue weighted by Crippen LogP contribution is -2.17. The molecule has 0 aliphatic rings. The highest BCUT2D eigenvalue weighted by atomic mass is 16.5. The molecule has 0 N–H and O–H groups in total. The van der Waals surface area contributed by atoms with Gasteiger partial charge in [0.25, 0.3) is 0 Å². The first-order valence-corrected chi connectivity index (χ1v) is 7.01. The molecular weight excluding hydrogens is 248 g/mol. The van der Waals surface area contributed by atoms with Crippen molar-refractivity contribution < 1.29 is 9.53 Å². The van der Waals surface area contributed by atoms with Crippen molar-refractivity contribution >= 4 is 5.97 Å². The molecular formula is C18H20O2. The monoisotopic (exact) mass is 268 g/mol. The molecule has 2 heteroatoms. The zero-order valence-corrected chi connectivity index (χ0v) is 11.8. The van der Waals surface area contributed by atoms with Crippen LogP contribution in [-0.2, 0) is 22.4 Å². The van der Waals surface area contributed by atoms with Gasteiger partial charge in [0.2, 0.25) is 0 Å². The molecule has 2 aromatic rings. The van der Waals surface area contributed by atoms with Crippen molar-refractivity contribution in [2.24, 2.45) is 0 Å². The van der Waals surface area contributed by atoms with Crippen LogP contribution in [0.1, 0.15) is 24.5 Å². The second-order valence-electron chi connectivity index (χ2n) is 4.99. The Morgan fingerprint density at radius 1 is 0.950 bits per heavy atom. The summed E-state index contributed by atoms with van der Waals surface area (Å²) in [5, 5.41) is 0. The summed E-state index contributed by atoms with van der Waals surface area (Å²) in [6.45, 7) is 1.95. The minimum atomic E-state index is -0.156. The van der Waals surface area contributed by atoms with Gasteiger partial charge in [-0.1, -0.05) is 60.7 Å². The molecule has 0 radical (unpaired) electrons. The van der Waals surface area contributed by atoms with E-state index < -0.39 is 0 Å². The van der Waals surface area contributed by atoms with Gasteiger partial charge in [0.05, 0.1) is 12.5 Å². The van der Waals surface area contributed by atoms with E-state index in [1.807, 2.05) is 55.5 Å². The number of carbonyl (C=O) groups excluding carboxylic acids is 1. The summed E-state index contributed by atoms with van der Waals surface area (Å²) in [5.74, 6) is -0.156. The van der Waals surface area contributed by atoms with E-state index in [0.29, 0.717) is 6.42 Å². The van der Waals surface area contributed by atoms with E-state index in [9.17, 15) is 4.79 Å². The highest BCUT2D eigenvalue weighted by Gasteiger charge is 2.10. The van der Waals surface area contributed by atoms with Gasteiger partial charge in [0.1, 0.15) is 0 Å². The van der Waals surface area contributed by atoms with Crippen molar-refractivity contribution in [3.63, 3.8) is 0 Å². The third-order valence-electron chi connectivity index (χ3n) is 3.21. The number of carbonyl (C=O) groups is 1. The van der Waals surface area contributed by atoms with E-state index in [1.54, 1.807) is 0 Å². The number of benzene rings is 2. The van der Waals surface area contributed by atoms with Crippen molar-refractivity contribution in [3.05, 3.63) is 71.8 Å². The molecule has 0 saturated heterocycles. The third kappa shape index (κ3) is 4.88. The van der Waals surface area contributed by atoms with E-state index >= 15 is 0 Å². The minimum Gasteiger partial charge on any atom is -0.462 e. The number of hydrogen-bond donors (Lipinski definition) is 0. The molecule has 2 rings (SSSR count). The van der Waals surface area contributed by atoms with Crippen molar-refractivity contribution in [3.8, 4) is 0 Å². The number of ether oxygens (including phenoxy) is 1. The van der Waals surface area contributed by atoms with Crippen LogP contribution in [0.2, 0.25) is 0 Å². The van der Waals surface area contributed by atoms with Crippen LogP contribution in [0.4, 0.5) is 0 Å². The zero-order chi connectivity index (χ0) is 14.2. The Morgan fingerprint density at radius 2 is 1.50 bits per heavy atom. The molecule has 2 aromatic carbocycles. The van der Waals surface area contributed by atoms with E-state index in [4.69, 9.17) is 4.74 Å². The largest absolute Gasteiger partial charge is 0.462 e. The fraction of sp³-hybridized carbons (Fsp3) is 0.278. The second-order valence-corrected chi connectivity index (χ2v) is 4.99. The van der Waals surface area contributed by atoms with Crippen LogP contribution in [-0.4, -0.2) is 12.1 Å². The van der Waals surface area contributed by atoms with Crippen molar-refractivity contribution in [1.82, 2.24) is 0 Å². The normalized spacial score (nSPS) is 11.8. The van der Waals surface area contributed by atoms with Gasteiger partial charge in [-0.25, -0.2) is 0 Å². The Balaban J connectivity index is 1.74. The first kappa shape index (κ1) is 14.3. The van der Waals surface area contributed by atoms with Crippen molar-refractivity contribution in [1.29, 1.82) is 0 Å². The maximum Gasteiger partial charge on any atom is 0.310 e. The highest BCUT2D eigenvalue weighted by Crippen LogP contribution is 2.09. The molecule has 1 unspecified atom stereocenters. The molecule has 0 heterocycles. The maximum atomic E-state index is 11.8. The van der Waals surface area contributed by atoms with Gasteiger partial charge in [-0.2, -0.15) is 0 Å². The number of rotatable bonds is 6. The summed E-state index contributed by atoms with van der Waals surface area (Å²) < 4.78 is 5.44. The van der Waals surface area contributed by atoms with Crippen LogP contribution in [0.3, 0.4) is 0 Å². The van der Waals surface area contributed by atoms with Gasteiger partial charge < -0.3 is 4.74 Å². The Kier molecular flexibility index (Phi) is 5.36. The van der Waals surface area contributed by atoms with Crippen LogP contribution in [0.25, 0.3) is 0 Å². The highest BCUT2D eigenvalue weighted by molar-refractivity contribution is 5.72. The van der Waals surface area contributed by atoms with Gasteiger partial charge >= 0.3 is 5.97 Å². The first-order chi connectivity index (χ1) is 9.74. The van der Waals surface area contributed by atoms with Crippen LogP contribution < -0.4 is 0 Å². The molecule has 0 bridgehead atoms. The predicted molar refractivity (Wildman–Crippen MR) is 80.5 cm³/mol. The van der Waals surface area contributed by atoms with Crippen LogP contribution in [0.5, 0.6) is 0 Å². The summed E-state index contributed by atoms with van der Waals surface area (Å²) in [5.41, 5.74) is 2.27. The lowest BCUT2D eigenvalue weighted by molar-refractivity contribution is -0.147. The smallest absolute Gasteiger partial charge is 0.310 e. The lowest BCUT2D eigenvalue weighted by atomic mass is 10.1. The van der Waals surface area contributed by atoms with Crippen molar-refractivity contribution in [2.75, 3.05) is 0 Å². The zero-order valence-electron chi connectivity index (χ0n) is 11.8. The van der Waals surface area contributed by atoms with Crippen LogP contribution in [0, 0.1) is 0 Å². The van der Waals surface area contributed by atoms with E-state index in [1.165, 1.54) is 5.56 Å². The van der Waals surface area contributed by atoms with Crippen LogP contribution in [0.15, 0.2) is 60.7 Å². The van der Waals surface area contributed by atoms with Crippen molar-refractivity contribution in [2.45, 2.75) is 32.3 Å². The summed E-state index contributed by atoms with van der Waals surface area (Å²) in [6, 6.07) is 19.9. The first-order valence-electron chi connectivity index (χ1n) is 7.01. The number of aryl methyl sites for hydroxylation is 1. The van der Waals surface area contributed by atoms with Gasteiger partial charge in [-0.15, -0.1) is 0 Å². The number of esters is 1. The summed E-state index contributed by atoms with van der Waals surface area (Å²) >= 11 is 0. The Hall–Kier alpha value is -2.09. The molecule has 0 aliphatic heterocycles. The maximum absolute atomic E-state index is 11.8. The molecule has 0 amide bonds. The molecule has 1 atom stereocenters. The summed E-state index contributed by atoms with van der Waals surface area (Å²) in [6.07, 6.45) is 2.08. The van der Waals surface area contributed by atoms with E-state index in [-0.39, 0.29) is 12.1 Å². The fourth-order valence-corrected chi connectivity index (χ4v) is 2.10. The minimum absolute atomic E-state index is 0.0496. The fourth-order valence-electron chi connectivity index (χ4n) is 2.10. The van der Waals surface area contributed by atoms with E-state index in [0.717, 1.165) is 18.4 Å². The van der Waals surface area contributed by atoms with Gasteiger partial charge in [0.15, 0.2) is 0 Å². The topological polar surface area (TPSA) is 26.3 Å². The Labute approximate surface area is 120 Å². The Morgan fingerprint density at radius 3 is 2.10 bits per heavy atom. The molecule has 104 valence electrons.